The van der Waals surface area contributed by atoms with E-state index in [1.807, 2.05) is 91.0 Å². The molecule has 0 unspecified atom stereocenters. The zero-order valence-electron chi connectivity index (χ0n) is 23.6. The second kappa shape index (κ2) is 15.6. The molecule has 7 nitrogen and oxygen atoms in total. The lowest BCUT2D eigenvalue weighted by Gasteiger charge is -2.46. The van der Waals surface area contributed by atoms with E-state index >= 15 is 0 Å². The number of aryl methyl sites for hydroxylation is 1. The Balaban J connectivity index is 1.48. The molecule has 0 radical (unpaired) electrons. The van der Waals surface area contributed by atoms with Gasteiger partial charge in [0.05, 0.1) is 32.5 Å². The van der Waals surface area contributed by atoms with Crippen LogP contribution in [0, 0.1) is 6.92 Å². The molecule has 0 spiro atoms. The average molecular weight is 582 g/mol. The first-order valence-corrected chi connectivity index (χ1v) is 14.9. The summed E-state index contributed by atoms with van der Waals surface area (Å²) < 4.78 is 26.6. The molecule has 1 heterocycles. The van der Waals surface area contributed by atoms with E-state index in [-0.39, 0.29) is 6.54 Å². The molecule has 0 N–H and O–H groups in total. The van der Waals surface area contributed by atoms with Crippen molar-refractivity contribution in [3.63, 3.8) is 0 Å². The van der Waals surface area contributed by atoms with Crippen molar-refractivity contribution in [3.8, 4) is 0 Å². The number of azide groups is 1. The zero-order valence-corrected chi connectivity index (χ0v) is 24.4. The molecule has 1 aliphatic rings. The summed E-state index contributed by atoms with van der Waals surface area (Å²) in [6, 6.07) is 38.4. The van der Waals surface area contributed by atoms with Gasteiger partial charge in [0.2, 0.25) is 0 Å². The lowest BCUT2D eigenvalue weighted by atomic mass is 9.98. The van der Waals surface area contributed by atoms with Gasteiger partial charge in [0.25, 0.3) is 0 Å². The van der Waals surface area contributed by atoms with Crippen molar-refractivity contribution < 1.29 is 18.9 Å². The van der Waals surface area contributed by atoms with E-state index < -0.39 is 29.9 Å². The van der Waals surface area contributed by atoms with Crippen molar-refractivity contribution in [1.29, 1.82) is 0 Å². The molecule has 1 fully saturated rings. The topological polar surface area (TPSA) is 85.7 Å². The summed E-state index contributed by atoms with van der Waals surface area (Å²) in [4.78, 5) is 4.07. The number of ether oxygens (including phenoxy) is 4. The van der Waals surface area contributed by atoms with Crippen LogP contribution in [0.1, 0.15) is 22.3 Å². The number of thioether (sulfide) groups is 1. The van der Waals surface area contributed by atoms with E-state index in [9.17, 15) is 5.53 Å². The average Bonchev–Trinajstić information content (AvgIpc) is 3.04. The van der Waals surface area contributed by atoms with Crippen molar-refractivity contribution in [2.75, 3.05) is 6.54 Å². The summed E-state index contributed by atoms with van der Waals surface area (Å²) in [5, 5.41) is 3.90. The van der Waals surface area contributed by atoms with Gasteiger partial charge in [-0.2, -0.15) is 0 Å². The molecule has 8 heteroatoms. The smallest absolute Gasteiger partial charge is 0.136 e. The van der Waals surface area contributed by atoms with Crippen LogP contribution in [-0.4, -0.2) is 36.4 Å². The highest BCUT2D eigenvalue weighted by Crippen LogP contribution is 2.38. The van der Waals surface area contributed by atoms with Gasteiger partial charge in [-0.25, -0.2) is 0 Å². The van der Waals surface area contributed by atoms with Gasteiger partial charge in [0.1, 0.15) is 23.7 Å². The summed E-state index contributed by atoms with van der Waals surface area (Å²) in [7, 11) is 0. The standard InChI is InChI=1S/C34H35N3O4S/c1-25-17-19-29(20-18-25)42-34-33(40-24-28-15-9-4-10-16-28)32(39-23-27-13-7-3-8-14-27)31(30(41-34)21-36-37-35)38-22-26-11-5-2-6-12-26/h2-20,30-34H,21-24H2,1H3/t30-,31-,32+,33-,34+/m1/s1. The Hall–Kier alpha value is -3.62. The van der Waals surface area contributed by atoms with Crippen LogP contribution in [-0.2, 0) is 38.8 Å². The third-order valence-electron chi connectivity index (χ3n) is 7.05. The van der Waals surface area contributed by atoms with Crippen LogP contribution < -0.4 is 0 Å². The number of hydrogen-bond acceptors (Lipinski definition) is 6. The van der Waals surface area contributed by atoms with Gasteiger partial charge in [-0.1, -0.05) is 126 Å². The summed E-state index contributed by atoms with van der Waals surface area (Å²) >= 11 is 1.58. The Morgan fingerprint density at radius 3 is 1.64 bits per heavy atom. The van der Waals surface area contributed by atoms with E-state index in [0.29, 0.717) is 19.8 Å². The second-order valence-electron chi connectivity index (χ2n) is 10.2. The van der Waals surface area contributed by atoms with E-state index in [1.54, 1.807) is 11.8 Å². The Kier molecular flexibility index (Phi) is 11.1. The highest BCUT2D eigenvalue weighted by molar-refractivity contribution is 7.99. The molecule has 4 aromatic rings. The molecule has 1 aliphatic heterocycles. The van der Waals surface area contributed by atoms with E-state index in [1.165, 1.54) is 5.56 Å². The fourth-order valence-corrected chi connectivity index (χ4v) is 5.98. The molecule has 0 saturated carbocycles. The maximum absolute atomic E-state index is 9.20. The number of benzene rings is 4. The first kappa shape index (κ1) is 29.9. The molecule has 0 aromatic heterocycles. The van der Waals surface area contributed by atoms with Crippen molar-refractivity contribution in [3.05, 3.63) is 148 Å². The molecule has 0 amide bonds. The normalized spacial score (nSPS) is 21.9. The fourth-order valence-electron chi connectivity index (χ4n) is 4.86. The van der Waals surface area contributed by atoms with Crippen molar-refractivity contribution in [2.24, 2.45) is 5.11 Å². The molecule has 42 heavy (non-hydrogen) atoms. The van der Waals surface area contributed by atoms with Crippen LogP contribution in [0.15, 0.2) is 125 Å². The third kappa shape index (κ3) is 8.46. The minimum Gasteiger partial charge on any atom is -0.368 e. The number of nitrogens with zero attached hydrogens (tertiary/aromatic N) is 3. The predicted molar refractivity (Wildman–Crippen MR) is 165 cm³/mol. The van der Waals surface area contributed by atoms with Gasteiger partial charge < -0.3 is 18.9 Å². The molecule has 4 aromatic carbocycles. The van der Waals surface area contributed by atoms with Crippen LogP contribution in [0.4, 0.5) is 0 Å². The van der Waals surface area contributed by atoms with E-state index in [0.717, 1.165) is 21.6 Å². The van der Waals surface area contributed by atoms with Crippen molar-refractivity contribution in [2.45, 2.75) is 61.5 Å². The van der Waals surface area contributed by atoms with Crippen LogP contribution >= 0.6 is 11.8 Å². The second-order valence-corrected chi connectivity index (χ2v) is 11.3. The maximum atomic E-state index is 9.20. The summed E-state index contributed by atoms with van der Waals surface area (Å²) in [5.41, 5.74) is 13.1. The summed E-state index contributed by atoms with van der Waals surface area (Å²) in [6.07, 6.45) is -2.07. The van der Waals surface area contributed by atoms with Gasteiger partial charge in [-0.3, -0.25) is 0 Å². The fraction of sp³-hybridized carbons (Fsp3) is 0.294. The number of rotatable bonds is 13. The van der Waals surface area contributed by atoms with Crippen molar-refractivity contribution >= 4 is 11.8 Å². The van der Waals surface area contributed by atoms with Gasteiger partial charge in [0.15, 0.2) is 0 Å². The van der Waals surface area contributed by atoms with Crippen molar-refractivity contribution in [1.82, 2.24) is 0 Å². The van der Waals surface area contributed by atoms with Crippen LogP contribution in [0.25, 0.3) is 10.4 Å². The molecule has 216 valence electrons. The maximum Gasteiger partial charge on any atom is 0.136 e. The largest absolute Gasteiger partial charge is 0.368 e. The minimum absolute atomic E-state index is 0.109. The quantitative estimate of drug-likeness (QED) is 0.0911. The molecule has 0 aliphatic carbocycles. The lowest BCUT2D eigenvalue weighted by molar-refractivity contribution is -0.244. The first-order valence-electron chi connectivity index (χ1n) is 14.1. The van der Waals surface area contributed by atoms with Gasteiger partial charge in [-0.15, -0.1) is 0 Å². The molecule has 5 rings (SSSR count). The minimum atomic E-state index is -0.546. The van der Waals surface area contributed by atoms with E-state index in [2.05, 4.69) is 41.2 Å². The highest BCUT2D eigenvalue weighted by Gasteiger charge is 2.48. The zero-order chi connectivity index (χ0) is 29.0. The predicted octanol–water partition coefficient (Wildman–Crippen LogP) is 7.88. The molecule has 5 atom stereocenters. The first-order chi connectivity index (χ1) is 20.7. The molecule has 1 saturated heterocycles. The number of hydrogen-bond donors (Lipinski definition) is 0. The lowest BCUT2D eigenvalue weighted by Crippen LogP contribution is -2.60. The van der Waals surface area contributed by atoms with E-state index in [4.69, 9.17) is 18.9 Å². The van der Waals surface area contributed by atoms with Crippen LogP contribution in [0.3, 0.4) is 0 Å². The summed E-state index contributed by atoms with van der Waals surface area (Å²) in [6.45, 7) is 3.29. The van der Waals surface area contributed by atoms with Gasteiger partial charge >= 0.3 is 0 Å². The Labute approximate surface area is 251 Å². The SMILES string of the molecule is Cc1ccc(S[C@@H]2O[C@H](CN=[N+]=[N-])[C@@H](OCc3ccccc3)[C@H](OCc3ccccc3)[C@H]2OCc2ccccc2)cc1. The Morgan fingerprint density at radius 1 is 0.667 bits per heavy atom. The van der Waals surface area contributed by atoms with Gasteiger partial charge in [0, 0.05) is 9.81 Å². The van der Waals surface area contributed by atoms with Gasteiger partial charge in [-0.05, 0) is 41.3 Å². The third-order valence-corrected chi connectivity index (χ3v) is 8.20. The Morgan fingerprint density at radius 2 is 1.14 bits per heavy atom. The Bertz CT molecular complexity index is 1400. The van der Waals surface area contributed by atoms with Crippen LogP contribution in [0.2, 0.25) is 0 Å². The molecule has 0 bridgehead atoms. The summed E-state index contributed by atoms with van der Waals surface area (Å²) in [5.74, 6) is 0. The highest BCUT2D eigenvalue weighted by atomic mass is 32.2. The van der Waals surface area contributed by atoms with Crippen LogP contribution in [0.5, 0.6) is 0 Å². The molecular weight excluding hydrogens is 546 g/mol. The monoisotopic (exact) mass is 581 g/mol. The molecular formula is C34H35N3O4S.